The Morgan fingerprint density at radius 3 is 2.47 bits per heavy atom. The van der Waals surface area contributed by atoms with Crippen molar-refractivity contribution in [1.29, 1.82) is 5.26 Å². The standard InChI is InChI=1S/C15H26N2OS/c1-4-9-15(11-16,10-5-2)14(18)17-12-7-6-8-13(12)19-3/h12-13H,4-10H2,1-3H3,(H,17,18). The molecule has 0 heterocycles. The molecule has 0 spiro atoms. The first-order valence-electron chi connectivity index (χ1n) is 7.38. The van der Waals surface area contributed by atoms with Gasteiger partial charge in [0.2, 0.25) is 5.91 Å². The summed E-state index contributed by atoms with van der Waals surface area (Å²) < 4.78 is 0. The molecule has 1 N–H and O–H groups in total. The van der Waals surface area contributed by atoms with Crippen LogP contribution in [0.3, 0.4) is 0 Å². The van der Waals surface area contributed by atoms with Crippen molar-refractivity contribution in [3.8, 4) is 6.07 Å². The zero-order valence-corrected chi connectivity index (χ0v) is 13.2. The van der Waals surface area contributed by atoms with Crippen molar-refractivity contribution in [3.05, 3.63) is 0 Å². The number of hydrogen-bond acceptors (Lipinski definition) is 3. The number of thioether (sulfide) groups is 1. The van der Waals surface area contributed by atoms with Crippen molar-refractivity contribution in [2.45, 2.75) is 70.1 Å². The number of carbonyl (C=O) groups is 1. The minimum Gasteiger partial charge on any atom is -0.351 e. The van der Waals surface area contributed by atoms with Crippen LogP contribution in [0.1, 0.15) is 58.8 Å². The molecular weight excluding hydrogens is 256 g/mol. The Bertz CT molecular complexity index is 332. The van der Waals surface area contributed by atoms with Crippen LogP contribution >= 0.6 is 11.8 Å². The highest BCUT2D eigenvalue weighted by Crippen LogP contribution is 2.33. The maximum atomic E-state index is 12.6. The number of nitrogens with one attached hydrogen (secondary N) is 1. The highest BCUT2D eigenvalue weighted by atomic mass is 32.2. The lowest BCUT2D eigenvalue weighted by molar-refractivity contribution is -0.129. The minimum atomic E-state index is -0.810. The second-order valence-corrected chi connectivity index (χ2v) is 6.56. The number of nitriles is 1. The van der Waals surface area contributed by atoms with Gasteiger partial charge in [0.25, 0.3) is 0 Å². The molecule has 1 aliphatic rings. The Kier molecular flexibility index (Phi) is 6.71. The fraction of sp³-hybridized carbons (Fsp3) is 0.867. The van der Waals surface area contributed by atoms with Crippen molar-refractivity contribution in [3.63, 3.8) is 0 Å². The van der Waals surface area contributed by atoms with E-state index in [4.69, 9.17) is 0 Å². The van der Waals surface area contributed by atoms with Gasteiger partial charge in [-0.15, -0.1) is 0 Å². The van der Waals surface area contributed by atoms with Gasteiger partial charge in [0, 0.05) is 11.3 Å². The summed E-state index contributed by atoms with van der Waals surface area (Å²) >= 11 is 1.83. The number of hydrogen-bond donors (Lipinski definition) is 1. The van der Waals surface area contributed by atoms with E-state index in [0.29, 0.717) is 18.1 Å². The topological polar surface area (TPSA) is 52.9 Å². The molecule has 0 bridgehead atoms. The molecule has 0 aromatic heterocycles. The molecule has 19 heavy (non-hydrogen) atoms. The first kappa shape index (κ1) is 16.4. The molecule has 4 heteroatoms. The van der Waals surface area contributed by atoms with E-state index in [-0.39, 0.29) is 11.9 Å². The quantitative estimate of drug-likeness (QED) is 0.777. The van der Waals surface area contributed by atoms with Crippen molar-refractivity contribution in [1.82, 2.24) is 5.32 Å². The lowest BCUT2D eigenvalue weighted by atomic mass is 9.79. The molecule has 0 aromatic rings. The van der Waals surface area contributed by atoms with E-state index in [1.54, 1.807) is 0 Å². The second-order valence-electron chi connectivity index (χ2n) is 5.48. The van der Waals surface area contributed by atoms with E-state index in [1.165, 1.54) is 12.8 Å². The Balaban J connectivity index is 2.74. The molecule has 1 fully saturated rings. The fourth-order valence-corrected chi connectivity index (χ4v) is 3.98. The van der Waals surface area contributed by atoms with Crippen LogP contribution in [0.4, 0.5) is 0 Å². The number of amides is 1. The second kappa shape index (κ2) is 7.79. The van der Waals surface area contributed by atoms with Crippen LogP contribution in [0.15, 0.2) is 0 Å². The first-order chi connectivity index (χ1) is 9.13. The summed E-state index contributed by atoms with van der Waals surface area (Å²) in [5, 5.41) is 13.2. The molecule has 3 nitrogen and oxygen atoms in total. The molecule has 0 aromatic carbocycles. The summed E-state index contributed by atoms with van der Waals surface area (Å²) in [7, 11) is 0. The van der Waals surface area contributed by atoms with Gasteiger partial charge in [-0.3, -0.25) is 4.79 Å². The monoisotopic (exact) mass is 282 g/mol. The van der Waals surface area contributed by atoms with Crippen LogP contribution in [-0.4, -0.2) is 23.5 Å². The molecule has 0 radical (unpaired) electrons. The van der Waals surface area contributed by atoms with Gasteiger partial charge < -0.3 is 5.32 Å². The molecule has 0 saturated heterocycles. The summed E-state index contributed by atoms with van der Waals surface area (Å²) in [6.45, 7) is 4.07. The zero-order valence-electron chi connectivity index (χ0n) is 12.4. The predicted molar refractivity (Wildman–Crippen MR) is 80.9 cm³/mol. The Morgan fingerprint density at radius 1 is 1.37 bits per heavy atom. The number of nitrogens with zero attached hydrogens (tertiary/aromatic N) is 1. The number of carbonyl (C=O) groups excluding carboxylic acids is 1. The van der Waals surface area contributed by atoms with Crippen LogP contribution in [0, 0.1) is 16.7 Å². The van der Waals surface area contributed by atoms with Crippen molar-refractivity contribution in [2.75, 3.05) is 6.26 Å². The third-order valence-corrected chi connectivity index (χ3v) is 5.24. The van der Waals surface area contributed by atoms with E-state index in [9.17, 15) is 10.1 Å². The minimum absolute atomic E-state index is 0.0374. The highest BCUT2D eigenvalue weighted by molar-refractivity contribution is 7.99. The van der Waals surface area contributed by atoms with Gasteiger partial charge >= 0.3 is 0 Å². The molecule has 2 unspecified atom stereocenters. The lowest BCUT2D eigenvalue weighted by Gasteiger charge is -2.28. The lowest BCUT2D eigenvalue weighted by Crippen LogP contribution is -2.47. The normalized spacial score (nSPS) is 23.1. The van der Waals surface area contributed by atoms with Crippen molar-refractivity contribution >= 4 is 17.7 Å². The van der Waals surface area contributed by atoms with E-state index in [0.717, 1.165) is 19.3 Å². The van der Waals surface area contributed by atoms with Gasteiger partial charge in [-0.2, -0.15) is 17.0 Å². The summed E-state index contributed by atoms with van der Waals surface area (Å²) in [6, 6.07) is 2.56. The third-order valence-electron chi connectivity index (χ3n) is 4.07. The highest BCUT2D eigenvalue weighted by Gasteiger charge is 2.39. The number of rotatable bonds is 7. The van der Waals surface area contributed by atoms with E-state index in [2.05, 4.69) is 17.6 Å². The van der Waals surface area contributed by atoms with Crippen LogP contribution in [0.5, 0.6) is 0 Å². The average Bonchev–Trinajstić information content (AvgIpc) is 2.85. The van der Waals surface area contributed by atoms with Crippen LogP contribution in [0.25, 0.3) is 0 Å². The summed E-state index contributed by atoms with van der Waals surface area (Å²) in [6.07, 6.45) is 8.58. The Hall–Kier alpha value is -0.690. The predicted octanol–water partition coefficient (Wildman–Crippen LogP) is 3.50. The maximum absolute atomic E-state index is 12.6. The SMILES string of the molecule is CCCC(C#N)(CCC)C(=O)NC1CCCC1SC. The average molecular weight is 282 g/mol. The molecule has 108 valence electrons. The molecule has 2 atom stereocenters. The summed E-state index contributed by atoms with van der Waals surface area (Å²) in [4.78, 5) is 12.6. The molecule has 0 aliphatic heterocycles. The largest absolute Gasteiger partial charge is 0.351 e. The Labute approximate surface area is 121 Å². The molecular formula is C15H26N2OS. The molecule has 1 amide bonds. The Morgan fingerprint density at radius 2 is 2.00 bits per heavy atom. The summed E-state index contributed by atoms with van der Waals surface area (Å²) in [5.74, 6) is -0.0374. The molecule has 1 aliphatic carbocycles. The van der Waals surface area contributed by atoms with E-state index >= 15 is 0 Å². The van der Waals surface area contributed by atoms with Gasteiger partial charge in [0.05, 0.1) is 6.07 Å². The van der Waals surface area contributed by atoms with E-state index < -0.39 is 5.41 Å². The van der Waals surface area contributed by atoms with Gasteiger partial charge in [-0.05, 0) is 31.9 Å². The van der Waals surface area contributed by atoms with Gasteiger partial charge in [-0.1, -0.05) is 33.1 Å². The van der Waals surface area contributed by atoms with Crippen LogP contribution < -0.4 is 5.32 Å². The van der Waals surface area contributed by atoms with Crippen LogP contribution in [0.2, 0.25) is 0 Å². The molecule has 1 saturated carbocycles. The summed E-state index contributed by atoms with van der Waals surface area (Å²) in [5.41, 5.74) is -0.810. The zero-order chi connectivity index (χ0) is 14.3. The first-order valence-corrected chi connectivity index (χ1v) is 8.67. The van der Waals surface area contributed by atoms with Gasteiger partial charge in [0.1, 0.15) is 5.41 Å². The van der Waals surface area contributed by atoms with Gasteiger partial charge in [0.15, 0.2) is 0 Å². The third kappa shape index (κ3) is 3.89. The van der Waals surface area contributed by atoms with Gasteiger partial charge in [-0.25, -0.2) is 0 Å². The van der Waals surface area contributed by atoms with Crippen molar-refractivity contribution < 1.29 is 4.79 Å². The van der Waals surface area contributed by atoms with Crippen LogP contribution in [-0.2, 0) is 4.79 Å². The molecule has 1 rings (SSSR count). The van der Waals surface area contributed by atoms with E-state index in [1.807, 2.05) is 25.6 Å². The smallest absolute Gasteiger partial charge is 0.240 e. The fourth-order valence-electron chi connectivity index (χ4n) is 3.05. The maximum Gasteiger partial charge on any atom is 0.240 e. The van der Waals surface area contributed by atoms with Crippen molar-refractivity contribution in [2.24, 2.45) is 5.41 Å².